The summed E-state index contributed by atoms with van der Waals surface area (Å²) in [4.78, 5) is 41.0. The smallest absolute Gasteiger partial charge is 0.414 e. The molecule has 1 saturated heterocycles. The monoisotopic (exact) mass is 753 g/mol. The standard InChI is InChI=1S/C46H77N3O5/c1-31(2)32-15-18-42(7)20-22-44(9)33(38(32)42)13-14-35-43(8)21-23-46(41(5,6)34(43)16-19-45(35,44)10,54-37(52)30-40(3,4)29-36(50)51)17-12-26-49(39(47)53)27-24-48(11)25-28-49/h32-35,38H,1,12-30H2,2-11H3,(H2-,47,50,51,53)/p+1/t32-,33+,34-,35+,38+,42+,43-,44+,45+,46-/m0/s1. The number of carboxylic acid groups (broad SMARTS) is 1. The molecule has 0 aromatic heterocycles. The molecule has 0 spiro atoms. The molecule has 6 rings (SSSR count). The third kappa shape index (κ3) is 6.51. The number of esters is 1. The van der Waals surface area contributed by atoms with Gasteiger partial charge in [0.25, 0.3) is 0 Å². The van der Waals surface area contributed by atoms with E-state index in [0.29, 0.717) is 54.6 Å². The first-order chi connectivity index (χ1) is 24.9. The number of aliphatic carboxylic acids is 1. The van der Waals surface area contributed by atoms with Crippen molar-refractivity contribution in [2.75, 3.05) is 39.8 Å². The van der Waals surface area contributed by atoms with Gasteiger partial charge in [-0.05, 0) is 141 Å². The first kappa shape index (κ1) is 41.7. The highest BCUT2D eigenvalue weighted by Crippen LogP contribution is 2.78. The lowest BCUT2D eigenvalue weighted by Gasteiger charge is -2.74. The number of primary amides is 1. The van der Waals surface area contributed by atoms with Crippen molar-refractivity contribution in [3.8, 4) is 0 Å². The Balaban J connectivity index is 1.30. The molecule has 6 aliphatic rings. The van der Waals surface area contributed by atoms with Gasteiger partial charge in [-0.1, -0.05) is 67.5 Å². The average Bonchev–Trinajstić information content (AvgIpc) is 3.41. The summed E-state index contributed by atoms with van der Waals surface area (Å²) in [5, 5.41) is 9.60. The van der Waals surface area contributed by atoms with E-state index < -0.39 is 17.0 Å². The third-order valence-electron chi connectivity index (χ3n) is 18.9. The molecule has 0 bridgehead atoms. The number of carbonyl (C=O) groups is 3. The Morgan fingerprint density at radius 1 is 0.870 bits per heavy atom. The predicted molar refractivity (Wildman–Crippen MR) is 215 cm³/mol. The molecule has 8 heteroatoms. The zero-order chi connectivity index (χ0) is 39.9. The highest BCUT2D eigenvalue weighted by molar-refractivity contribution is 5.73. The number of ether oxygens (including phenoxy) is 1. The quantitative estimate of drug-likeness (QED) is 0.131. The second-order valence-corrected chi connectivity index (χ2v) is 22.5. The lowest BCUT2D eigenvalue weighted by molar-refractivity contribution is -0.854. The molecule has 1 aliphatic heterocycles. The highest BCUT2D eigenvalue weighted by Gasteiger charge is 2.72. The fraction of sp³-hybridized carbons (Fsp3) is 0.891. The van der Waals surface area contributed by atoms with Crippen LogP contribution in [0.15, 0.2) is 12.2 Å². The fourth-order valence-corrected chi connectivity index (χ4v) is 15.5. The number of allylic oxidation sites excluding steroid dienone is 1. The summed E-state index contributed by atoms with van der Waals surface area (Å²) in [6.45, 7) is 29.7. The minimum absolute atomic E-state index is 0.0678. The van der Waals surface area contributed by atoms with E-state index >= 15 is 0 Å². The molecule has 6 fully saturated rings. The first-order valence-corrected chi connectivity index (χ1v) is 21.8. The average molecular weight is 753 g/mol. The van der Waals surface area contributed by atoms with Crippen LogP contribution in [0.2, 0.25) is 0 Å². The van der Waals surface area contributed by atoms with Gasteiger partial charge in [-0.2, -0.15) is 0 Å². The van der Waals surface area contributed by atoms with Crippen LogP contribution < -0.4 is 5.73 Å². The van der Waals surface area contributed by atoms with E-state index in [1.54, 1.807) is 0 Å². The van der Waals surface area contributed by atoms with E-state index in [0.717, 1.165) is 50.6 Å². The number of hydrogen-bond acceptors (Lipinski definition) is 5. The van der Waals surface area contributed by atoms with Crippen molar-refractivity contribution in [1.29, 1.82) is 0 Å². The van der Waals surface area contributed by atoms with E-state index in [-0.39, 0.29) is 45.6 Å². The van der Waals surface area contributed by atoms with E-state index in [4.69, 9.17) is 10.5 Å². The highest BCUT2D eigenvalue weighted by atomic mass is 16.6. The molecule has 3 N–H and O–H groups in total. The summed E-state index contributed by atoms with van der Waals surface area (Å²) in [6, 6.07) is -0.258. The second kappa shape index (κ2) is 13.9. The third-order valence-corrected chi connectivity index (χ3v) is 18.9. The van der Waals surface area contributed by atoms with Gasteiger partial charge in [-0.3, -0.25) is 14.5 Å². The number of fused-ring (bicyclic) bond motifs is 7. The number of nitrogens with zero attached hydrogens (tertiary/aromatic N) is 2. The van der Waals surface area contributed by atoms with Crippen LogP contribution in [0.5, 0.6) is 0 Å². The van der Waals surface area contributed by atoms with Crippen LogP contribution >= 0.6 is 0 Å². The van der Waals surface area contributed by atoms with E-state index in [1.165, 1.54) is 50.5 Å². The minimum Gasteiger partial charge on any atom is -0.481 e. The summed E-state index contributed by atoms with van der Waals surface area (Å²) in [5.41, 5.74) is 6.88. The molecule has 5 aliphatic carbocycles. The molecule has 5 saturated carbocycles. The number of hydrogen-bond donors (Lipinski definition) is 2. The summed E-state index contributed by atoms with van der Waals surface area (Å²) in [5.74, 6) is 1.92. The van der Waals surface area contributed by atoms with Crippen LogP contribution in [0.4, 0.5) is 4.79 Å². The van der Waals surface area contributed by atoms with Gasteiger partial charge in [0.1, 0.15) is 18.7 Å². The van der Waals surface area contributed by atoms with Gasteiger partial charge in [-0.15, -0.1) is 0 Å². The van der Waals surface area contributed by atoms with Crippen molar-refractivity contribution in [3.63, 3.8) is 0 Å². The Hall–Kier alpha value is -1.93. The number of carbonyl (C=O) groups excluding carboxylic acids is 2. The summed E-state index contributed by atoms with van der Waals surface area (Å²) < 4.78 is 7.18. The molecular formula is C46H78N3O5+. The number of nitrogens with two attached hydrogens (primary N) is 1. The van der Waals surface area contributed by atoms with Crippen LogP contribution in [0.25, 0.3) is 0 Å². The topological polar surface area (TPSA) is 110 Å². The van der Waals surface area contributed by atoms with Crippen molar-refractivity contribution in [2.24, 2.45) is 67.8 Å². The van der Waals surface area contributed by atoms with Gasteiger partial charge in [0.2, 0.25) is 0 Å². The summed E-state index contributed by atoms with van der Waals surface area (Å²) in [7, 11) is 2.09. The molecule has 1 heterocycles. The molecule has 0 aromatic rings. The van der Waals surface area contributed by atoms with Gasteiger partial charge in [0, 0.05) is 24.9 Å². The number of quaternary nitrogens is 1. The van der Waals surface area contributed by atoms with Gasteiger partial charge in [0.15, 0.2) is 0 Å². The minimum atomic E-state index is -0.900. The van der Waals surface area contributed by atoms with Crippen LogP contribution in [-0.4, -0.2) is 77.8 Å². The lowest BCUT2D eigenvalue weighted by atomic mass is 9.31. The summed E-state index contributed by atoms with van der Waals surface area (Å²) >= 11 is 0. The zero-order valence-corrected chi connectivity index (χ0v) is 36.1. The Bertz CT molecular complexity index is 1500. The van der Waals surface area contributed by atoms with Gasteiger partial charge in [-0.25, -0.2) is 9.28 Å². The van der Waals surface area contributed by atoms with Crippen LogP contribution in [0.1, 0.15) is 152 Å². The molecule has 306 valence electrons. The van der Waals surface area contributed by atoms with Crippen molar-refractivity contribution < 1.29 is 28.7 Å². The van der Waals surface area contributed by atoms with Gasteiger partial charge in [0.05, 0.1) is 19.4 Å². The van der Waals surface area contributed by atoms with Crippen LogP contribution in [0, 0.1) is 62.1 Å². The molecule has 10 atom stereocenters. The van der Waals surface area contributed by atoms with E-state index in [1.807, 2.05) is 13.8 Å². The number of carboxylic acids is 1. The number of likely N-dealkylation sites (N-methyl/N-ethyl adjacent to an activating group) is 1. The molecular weight excluding hydrogens is 675 g/mol. The maximum atomic E-state index is 14.1. The molecule has 2 amide bonds. The van der Waals surface area contributed by atoms with Crippen LogP contribution in [0.3, 0.4) is 0 Å². The molecule has 0 radical (unpaired) electrons. The van der Waals surface area contributed by atoms with Crippen LogP contribution in [-0.2, 0) is 14.3 Å². The molecule has 54 heavy (non-hydrogen) atoms. The largest absolute Gasteiger partial charge is 0.481 e. The Morgan fingerprint density at radius 2 is 1.54 bits per heavy atom. The number of urea groups is 1. The zero-order valence-electron chi connectivity index (χ0n) is 36.1. The maximum Gasteiger partial charge on any atom is 0.414 e. The van der Waals surface area contributed by atoms with Gasteiger partial charge < -0.3 is 15.6 Å². The Labute approximate surface area is 328 Å². The lowest BCUT2D eigenvalue weighted by Crippen LogP contribution is -2.69. The Kier molecular flexibility index (Phi) is 10.7. The summed E-state index contributed by atoms with van der Waals surface area (Å²) in [6.07, 6.45) is 13.5. The van der Waals surface area contributed by atoms with Crippen molar-refractivity contribution in [2.45, 2.75) is 158 Å². The van der Waals surface area contributed by atoms with Crippen molar-refractivity contribution >= 4 is 18.0 Å². The fourth-order valence-electron chi connectivity index (χ4n) is 15.5. The predicted octanol–water partition coefficient (Wildman–Crippen LogP) is 9.46. The van der Waals surface area contributed by atoms with E-state index in [2.05, 4.69) is 67.0 Å². The first-order valence-electron chi connectivity index (χ1n) is 21.8. The maximum absolute atomic E-state index is 14.1. The molecule has 0 unspecified atom stereocenters. The molecule has 0 aromatic carbocycles. The normalized spacial score (nSPS) is 42.8. The number of amides is 2. The SMILES string of the molecule is C=C(C)[C@@H]1CC[C@]2(C)CC[C@]3(C)[C@H](CC[C@@H]4[C@@]5(C)CC[C@](CCC[N+]6(C(N)=O)CCN(C)CC6)(OC(=O)CC(C)(C)CC(=O)O)C(C)(C)[C@@H]5CC[C@]43C)[C@@H]12. The van der Waals surface area contributed by atoms with Gasteiger partial charge >= 0.3 is 18.0 Å². The van der Waals surface area contributed by atoms with Crippen molar-refractivity contribution in [3.05, 3.63) is 12.2 Å². The van der Waals surface area contributed by atoms with Crippen molar-refractivity contribution in [1.82, 2.24) is 4.90 Å². The molecule has 8 nitrogen and oxygen atoms in total. The Morgan fingerprint density at radius 3 is 2.15 bits per heavy atom. The second-order valence-electron chi connectivity index (χ2n) is 22.5. The van der Waals surface area contributed by atoms with E-state index in [9.17, 15) is 19.5 Å². The number of piperazine rings is 1. The number of rotatable bonds is 10.